The highest BCUT2D eigenvalue weighted by Crippen LogP contribution is 2.30. The maximum absolute atomic E-state index is 12.0. The molecular formula is C21H31N3O. The van der Waals surface area contributed by atoms with Crippen LogP contribution < -0.4 is 5.32 Å². The molecule has 0 radical (unpaired) electrons. The predicted molar refractivity (Wildman–Crippen MR) is 104 cm³/mol. The molecule has 3 rings (SSSR count). The summed E-state index contributed by atoms with van der Waals surface area (Å²) >= 11 is 0. The molecule has 136 valence electrons. The van der Waals surface area contributed by atoms with Gasteiger partial charge in [0, 0.05) is 36.1 Å². The zero-order chi connectivity index (χ0) is 17.6. The van der Waals surface area contributed by atoms with Crippen LogP contribution >= 0.6 is 0 Å². The number of hydrogen-bond acceptors (Lipinski definition) is 2. The fourth-order valence-corrected chi connectivity index (χ4v) is 3.94. The molecule has 0 saturated heterocycles. The van der Waals surface area contributed by atoms with Gasteiger partial charge in [0.15, 0.2) is 0 Å². The van der Waals surface area contributed by atoms with E-state index >= 15 is 0 Å². The largest absolute Gasteiger partial charge is 0.356 e. The molecular weight excluding hydrogens is 310 g/mol. The van der Waals surface area contributed by atoms with E-state index in [1.807, 2.05) is 0 Å². The van der Waals surface area contributed by atoms with E-state index in [0.29, 0.717) is 6.42 Å². The minimum atomic E-state index is 0.191. The zero-order valence-electron chi connectivity index (χ0n) is 15.7. The Morgan fingerprint density at radius 2 is 2.04 bits per heavy atom. The van der Waals surface area contributed by atoms with Crippen LogP contribution in [-0.4, -0.2) is 42.6 Å². The average Bonchev–Trinajstić information content (AvgIpc) is 2.93. The van der Waals surface area contributed by atoms with Gasteiger partial charge in [-0.25, -0.2) is 0 Å². The second-order valence-corrected chi connectivity index (χ2v) is 7.41. The van der Waals surface area contributed by atoms with Crippen molar-refractivity contribution in [1.29, 1.82) is 0 Å². The van der Waals surface area contributed by atoms with Gasteiger partial charge in [0.05, 0.1) is 0 Å². The molecule has 0 aliphatic carbocycles. The molecule has 1 aliphatic heterocycles. The second-order valence-electron chi connectivity index (χ2n) is 7.41. The summed E-state index contributed by atoms with van der Waals surface area (Å²) in [5.74, 6) is 0.191. The smallest absolute Gasteiger partial charge is 0.220 e. The Morgan fingerprint density at radius 3 is 2.88 bits per heavy atom. The summed E-state index contributed by atoms with van der Waals surface area (Å²) in [7, 11) is 4.14. The van der Waals surface area contributed by atoms with Crippen LogP contribution in [0.5, 0.6) is 0 Å². The summed E-state index contributed by atoms with van der Waals surface area (Å²) in [6.07, 6.45) is 7.35. The lowest BCUT2D eigenvalue weighted by Crippen LogP contribution is -2.26. The number of aromatic nitrogens is 1. The van der Waals surface area contributed by atoms with Crippen molar-refractivity contribution in [2.75, 3.05) is 27.2 Å². The zero-order valence-corrected chi connectivity index (χ0v) is 15.7. The third-order valence-corrected chi connectivity index (χ3v) is 5.20. The van der Waals surface area contributed by atoms with E-state index in [1.54, 1.807) is 0 Å². The molecule has 4 heteroatoms. The van der Waals surface area contributed by atoms with Crippen LogP contribution in [-0.2, 0) is 24.2 Å². The number of unbranched alkanes of at least 4 members (excludes halogenated alkanes) is 1. The molecule has 0 fully saturated rings. The Kier molecular flexibility index (Phi) is 6.14. The third-order valence-electron chi connectivity index (χ3n) is 5.20. The molecule has 1 aliphatic rings. The molecule has 1 N–H and O–H groups in total. The quantitative estimate of drug-likeness (QED) is 0.748. The number of carbonyl (C=O) groups excluding carboxylic acids is 1. The van der Waals surface area contributed by atoms with Crippen LogP contribution in [0.4, 0.5) is 0 Å². The maximum atomic E-state index is 12.0. The van der Waals surface area contributed by atoms with Gasteiger partial charge in [-0.1, -0.05) is 18.2 Å². The number of carbonyl (C=O) groups is 1. The first-order valence-corrected chi connectivity index (χ1v) is 9.67. The molecule has 1 aromatic carbocycles. The van der Waals surface area contributed by atoms with E-state index in [0.717, 1.165) is 38.9 Å². The minimum absolute atomic E-state index is 0.191. The molecule has 1 aromatic heterocycles. The molecule has 0 spiro atoms. The van der Waals surface area contributed by atoms with E-state index < -0.39 is 0 Å². The van der Waals surface area contributed by atoms with Gasteiger partial charge in [0.1, 0.15) is 0 Å². The first-order chi connectivity index (χ1) is 12.2. The summed E-state index contributed by atoms with van der Waals surface area (Å²) in [6, 6.07) is 8.72. The Morgan fingerprint density at radius 1 is 1.20 bits per heavy atom. The molecule has 0 unspecified atom stereocenters. The van der Waals surface area contributed by atoms with E-state index in [-0.39, 0.29) is 5.91 Å². The summed E-state index contributed by atoms with van der Waals surface area (Å²) in [6.45, 7) is 2.93. The van der Waals surface area contributed by atoms with Gasteiger partial charge in [-0.15, -0.1) is 0 Å². The van der Waals surface area contributed by atoms with Crippen LogP contribution in [0.25, 0.3) is 10.9 Å². The van der Waals surface area contributed by atoms with Crippen molar-refractivity contribution < 1.29 is 4.79 Å². The van der Waals surface area contributed by atoms with E-state index in [2.05, 4.69) is 53.1 Å². The van der Waals surface area contributed by atoms with Crippen molar-refractivity contribution in [1.82, 2.24) is 14.8 Å². The van der Waals surface area contributed by atoms with Gasteiger partial charge in [0.2, 0.25) is 5.91 Å². The Labute approximate surface area is 151 Å². The lowest BCUT2D eigenvalue weighted by molar-refractivity contribution is -0.121. The van der Waals surface area contributed by atoms with Crippen molar-refractivity contribution >= 4 is 16.8 Å². The van der Waals surface area contributed by atoms with Crippen molar-refractivity contribution in [3.05, 3.63) is 35.5 Å². The Bertz CT molecular complexity index is 717. The summed E-state index contributed by atoms with van der Waals surface area (Å²) in [4.78, 5) is 14.2. The summed E-state index contributed by atoms with van der Waals surface area (Å²) in [5, 5.41) is 4.49. The van der Waals surface area contributed by atoms with Crippen molar-refractivity contribution in [3.63, 3.8) is 0 Å². The fourth-order valence-electron chi connectivity index (χ4n) is 3.94. The number of fused-ring (bicyclic) bond motifs is 3. The first-order valence-electron chi connectivity index (χ1n) is 9.67. The standard InChI is InChI=1S/C21H31N3O/c1-23(2)15-7-6-12-21(25)22-14-13-18-17-9-3-4-10-19(17)24-16-8-5-11-20(18)24/h3-4,9-10H,5-8,11-16H2,1-2H3,(H,22,25). The Hall–Kier alpha value is -1.81. The van der Waals surface area contributed by atoms with Crippen molar-refractivity contribution in [2.45, 2.75) is 51.5 Å². The fraction of sp³-hybridized carbons (Fsp3) is 0.571. The predicted octanol–water partition coefficient (Wildman–Crippen LogP) is 3.37. The Balaban J connectivity index is 1.56. The van der Waals surface area contributed by atoms with Crippen molar-refractivity contribution in [3.8, 4) is 0 Å². The van der Waals surface area contributed by atoms with Gasteiger partial charge in [-0.2, -0.15) is 0 Å². The van der Waals surface area contributed by atoms with Gasteiger partial charge < -0.3 is 14.8 Å². The number of para-hydroxylation sites is 1. The third kappa shape index (κ3) is 4.43. The van der Waals surface area contributed by atoms with Crippen LogP contribution in [0.3, 0.4) is 0 Å². The number of benzene rings is 1. The average molecular weight is 341 g/mol. The van der Waals surface area contributed by atoms with Crippen LogP contribution in [0.15, 0.2) is 24.3 Å². The van der Waals surface area contributed by atoms with E-state index in [9.17, 15) is 4.79 Å². The highest BCUT2D eigenvalue weighted by Gasteiger charge is 2.19. The van der Waals surface area contributed by atoms with Crippen LogP contribution in [0.1, 0.15) is 43.4 Å². The summed E-state index contributed by atoms with van der Waals surface area (Å²) in [5.41, 5.74) is 4.30. The molecule has 2 aromatic rings. The molecule has 0 atom stereocenters. The van der Waals surface area contributed by atoms with Gasteiger partial charge in [-0.05, 0) is 70.8 Å². The van der Waals surface area contributed by atoms with Crippen LogP contribution in [0.2, 0.25) is 0 Å². The monoisotopic (exact) mass is 341 g/mol. The second kappa shape index (κ2) is 8.52. The number of aryl methyl sites for hydroxylation is 1. The van der Waals surface area contributed by atoms with Crippen molar-refractivity contribution in [2.24, 2.45) is 0 Å². The highest BCUT2D eigenvalue weighted by atomic mass is 16.1. The minimum Gasteiger partial charge on any atom is -0.356 e. The molecule has 2 heterocycles. The normalized spacial score (nSPS) is 14.0. The number of nitrogens with zero attached hydrogens (tertiary/aromatic N) is 2. The van der Waals surface area contributed by atoms with Gasteiger partial charge >= 0.3 is 0 Å². The topological polar surface area (TPSA) is 37.3 Å². The number of rotatable bonds is 8. The molecule has 0 saturated carbocycles. The molecule has 0 bridgehead atoms. The van der Waals surface area contributed by atoms with E-state index in [1.165, 1.54) is 41.4 Å². The number of hydrogen-bond donors (Lipinski definition) is 1. The van der Waals surface area contributed by atoms with Gasteiger partial charge in [-0.3, -0.25) is 4.79 Å². The lowest BCUT2D eigenvalue weighted by atomic mass is 10.0. The lowest BCUT2D eigenvalue weighted by Gasteiger charge is -2.17. The molecule has 1 amide bonds. The maximum Gasteiger partial charge on any atom is 0.220 e. The number of amides is 1. The summed E-state index contributed by atoms with van der Waals surface area (Å²) < 4.78 is 2.50. The number of nitrogens with one attached hydrogen (secondary N) is 1. The molecule has 4 nitrogen and oxygen atoms in total. The highest BCUT2D eigenvalue weighted by molar-refractivity contribution is 5.86. The first kappa shape index (κ1) is 18.0. The van der Waals surface area contributed by atoms with Crippen LogP contribution in [0, 0.1) is 0 Å². The molecule has 25 heavy (non-hydrogen) atoms. The SMILES string of the molecule is CN(C)CCCCC(=O)NCCc1c2n(c3ccccc13)CCCC2. The van der Waals surface area contributed by atoms with Gasteiger partial charge in [0.25, 0.3) is 0 Å². The van der Waals surface area contributed by atoms with E-state index in [4.69, 9.17) is 0 Å².